The van der Waals surface area contributed by atoms with Crippen molar-refractivity contribution in [1.82, 2.24) is 5.32 Å². The number of carbonyl (C=O) groups is 1. The van der Waals surface area contributed by atoms with Crippen molar-refractivity contribution in [3.05, 3.63) is 59.2 Å². The van der Waals surface area contributed by atoms with E-state index >= 15 is 0 Å². The van der Waals surface area contributed by atoms with Gasteiger partial charge in [0, 0.05) is 12.1 Å². The van der Waals surface area contributed by atoms with Crippen molar-refractivity contribution in [3.63, 3.8) is 0 Å². The van der Waals surface area contributed by atoms with Gasteiger partial charge >= 0.3 is 0 Å². The van der Waals surface area contributed by atoms with E-state index in [1.807, 2.05) is 31.2 Å². The molecule has 2 aromatic rings. The van der Waals surface area contributed by atoms with Crippen LogP contribution in [0.2, 0.25) is 0 Å². The van der Waals surface area contributed by atoms with Gasteiger partial charge in [0.25, 0.3) is 5.91 Å². The second-order valence-electron chi connectivity index (χ2n) is 4.71. The maximum absolute atomic E-state index is 12.1. The minimum absolute atomic E-state index is 0.121. The summed E-state index contributed by atoms with van der Waals surface area (Å²) in [6, 6.07) is 12.9. The zero-order valence-electron chi connectivity index (χ0n) is 12.1. The quantitative estimate of drug-likeness (QED) is 0.581. The second-order valence-corrected chi connectivity index (χ2v) is 4.71. The molecule has 1 amide bonds. The molecule has 0 spiro atoms. The smallest absolute Gasteiger partial charge is 0.251 e. The number of hydrazine groups is 1. The van der Waals surface area contributed by atoms with Crippen LogP contribution in [0.4, 0.5) is 5.69 Å². The van der Waals surface area contributed by atoms with Crippen LogP contribution >= 0.6 is 0 Å². The summed E-state index contributed by atoms with van der Waals surface area (Å²) in [7, 11) is 1.62. The Bertz CT molecular complexity index is 641. The van der Waals surface area contributed by atoms with Gasteiger partial charge in [-0.15, -0.1) is 0 Å². The van der Waals surface area contributed by atoms with Gasteiger partial charge in [-0.3, -0.25) is 10.6 Å². The van der Waals surface area contributed by atoms with E-state index in [0.29, 0.717) is 12.1 Å². The first-order valence-electron chi connectivity index (χ1n) is 6.62. The van der Waals surface area contributed by atoms with E-state index in [0.717, 1.165) is 22.6 Å². The number of rotatable bonds is 5. The molecule has 0 saturated carbocycles. The Morgan fingerprint density at radius 1 is 1.24 bits per heavy atom. The lowest BCUT2D eigenvalue weighted by Gasteiger charge is -2.09. The number of anilines is 1. The van der Waals surface area contributed by atoms with Crippen molar-refractivity contribution in [2.24, 2.45) is 5.84 Å². The fraction of sp³-hybridized carbons (Fsp3) is 0.188. The summed E-state index contributed by atoms with van der Waals surface area (Å²) in [4.78, 5) is 12.1. The third-order valence-electron chi connectivity index (χ3n) is 3.23. The highest BCUT2D eigenvalue weighted by molar-refractivity contribution is 5.94. The van der Waals surface area contributed by atoms with Gasteiger partial charge in [0.05, 0.1) is 12.8 Å². The van der Waals surface area contributed by atoms with Crippen LogP contribution in [-0.2, 0) is 6.54 Å². The topological polar surface area (TPSA) is 76.4 Å². The third-order valence-corrected chi connectivity index (χ3v) is 3.23. The number of carbonyl (C=O) groups excluding carboxylic acids is 1. The van der Waals surface area contributed by atoms with Crippen molar-refractivity contribution in [1.29, 1.82) is 0 Å². The molecule has 0 aliphatic rings. The Labute approximate surface area is 124 Å². The average molecular weight is 285 g/mol. The molecule has 21 heavy (non-hydrogen) atoms. The van der Waals surface area contributed by atoms with E-state index in [1.54, 1.807) is 25.3 Å². The molecule has 5 heteroatoms. The molecule has 0 saturated heterocycles. The summed E-state index contributed by atoms with van der Waals surface area (Å²) < 4.78 is 5.16. The van der Waals surface area contributed by atoms with Crippen LogP contribution in [0.25, 0.3) is 0 Å². The molecule has 0 radical (unpaired) electrons. The van der Waals surface area contributed by atoms with Crippen molar-refractivity contribution >= 4 is 11.6 Å². The Kier molecular flexibility index (Phi) is 4.79. The molecule has 0 unspecified atom stereocenters. The number of aryl methyl sites for hydroxylation is 1. The number of methoxy groups -OCH3 is 1. The SMILES string of the molecule is COc1cccc(CNC(=O)c2ccc(NN)c(C)c2)c1. The standard InChI is InChI=1S/C16H19N3O2/c1-11-8-13(6-7-15(11)19-17)16(20)18-10-12-4-3-5-14(9-12)21-2/h3-9,19H,10,17H2,1-2H3,(H,18,20). The summed E-state index contributed by atoms with van der Waals surface area (Å²) in [5.74, 6) is 6.03. The van der Waals surface area contributed by atoms with Crippen molar-refractivity contribution < 1.29 is 9.53 Å². The van der Waals surface area contributed by atoms with Gasteiger partial charge < -0.3 is 15.5 Å². The van der Waals surface area contributed by atoms with Crippen LogP contribution in [0, 0.1) is 6.92 Å². The van der Waals surface area contributed by atoms with Gasteiger partial charge in [-0.1, -0.05) is 12.1 Å². The molecule has 0 heterocycles. The second kappa shape index (κ2) is 6.76. The molecule has 0 aliphatic carbocycles. The predicted octanol–water partition coefficient (Wildman–Crippen LogP) is 2.22. The molecule has 0 bridgehead atoms. The maximum atomic E-state index is 12.1. The number of hydrogen-bond acceptors (Lipinski definition) is 4. The molecule has 2 rings (SSSR count). The number of nitrogens with two attached hydrogens (primary N) is 1. The predicted molar refractivity (Wildman–Crippen MR) is 83.2 cm³/mol. The molecular formula is C16H19N3O2. The van der Waals surface area contributed by atoms with Crippen LogP contribution in [0.15, 0.2) is 42.5 Å². The van der Waals surface area contributed by atoms with Crippen LogP contribution in [0.1, 0.15) is 21.5 Å². The lowest BCUT2D eigenvalue weighted by Crippen LogP contribution is -2.23. The minimum atomic E-state index is -0.121. The fourth-order valence-corrected chi connectivity index (χ4v) is 2.03. The first kappa shape index (κ1) is 14.9. The first-order chi connectivity index (χ1) is 10.1. The summed E-state index contributed by atoms with van der Waals surface area (Å²) in [6.07, 6.45) is 0. The highest BCUT2D eigenvalue weighted by Crippen LogP contribution is 2.16. The first-order valence-corrected chi connectivity index (χ1v) is 6.62. The Hall–Kier alpha value is -2.53. The van der Waals surface area contributed by atoms with E-state index in [1.165, 1.54) is 0 Å². The average Bonchev–Trinajstić information content (AvgIpc) is 2.52. The van der Waals surface area contributed by atoms with Gasteiger partial charge in [0.2, 0.25) is 0 Å². The largest absolute Gasteiger partial charge is 0.497 e. The summed E-state index contributed by atoms with van der Waals surface area (Å²) in [5, 5.41) is 2.89. The van der Waals surface area contributed by atoms with E-state index in [9.17, 15) is 4.79 Å². The van der Waals surface area contributed by atoms with E-state index in [4.69, 9.17) is 10.6 Å². The van der Waals surface area contributed by atoms with Crippen LogP contribution < -0.4 is 21.3 Å². The summed E-state index contributed by atoms with van der Waals surface area (Å²) in [5.41, 5.74) is 5.91. The normalized spacial score (nSPS) is 10.0. The monoisotopic (exact) mass is 285 g/mol. The van der Waals surface area contributed by atoms with E-state index in [2.05, 4.69) is 10.7 Å². The van der Waals surface area contributed by atoms with Crippen LogP contribution in [0.3, 0.4) is 0 Å². The molecule has 2 aromatic carbocycles. The molecule has 0 aliphatic heterocycles. The summed E-state index contributed by atoms with van der Waals surface area (Å²) in [6.45, 7) is 2.35. The van der Waals surface area contributed by atoms with Crippen molar-refractivity contribution in [3.8, 4) is 5.75 Å². The molecular weight excluding hydrogens is 266 g/mol. The van der Waals surface area contributed by atoms with Gasteiger partial charge in [-0.05, 0) is 48.4 Å². The highest BCUT2D eigenvalue weighted by Gasteiger charge is 2.07. The fourth-order valence-electron chi connectivity index (χ4n) is 2.03. The van der Waals surface area contributed by atoms with E-state index in [-0.39, 0.29) is 5.91 Å². The maximum Gasteiger partial charge on any atom is 0.251 e. The minimum Gasteiger partial charge on any atom is -0.497 e. The Morgan fingerprint density at radius 3 is 2.71 bits per heavy atom. The molecule has 110 valence electrons. The van der Waals surface area contributed by atoms with E-state index < -0.39 is 0 Å². The van der Waals surface area contributed by atoms with Gasteiger partial charge in [0.1, 0.15) is 5.75 Å². The molecule has 0 atom stereocenters. The van der Waals surface area contributed by atoms with Gasteiger partial charge in [0.15, 0.2) is 0 Å². The summed E-state index contributed by atoms with van der Waals surface area (Å²) >= 11 is 0. The van der Waals surface area contributed by atoms with Crippen LogP contribution in [-0.4, -0.2) is 13.0 Å². The number of ether oxygens (including phenoxy) is 1. The number of nitrogen functional groups attached to an aromatic ring is 1. The third kappa shape index (κ3) is 3.73. The number of amides is 1. The lowest BCUT2D eigenvalue weighted by molar-refractivity contribution is 0.0951. The molecule has 4 N–H and O–H groups in total. The number of nitrogens with one attached hydrogen (secondary N) is 2. The number of benzene rings is 2. The molecule has 5 nitrogen and oxygen atoms in total. The zero-order chi connectivity index (χ0) is 15.2. The number of hydrogen-bond donors (Lipinski definition) is 3. The molecule has 0 aromatic heterocycles. The van der Waals surface area contributed by atoms with Crippen molar-refractivity contribution in [2.45, 2.75) is 13.5 Å². The van der Waals surface area contributed by atoms with Crippen molar-refractivity contribution in [2.75, 3.05) is 12.5 Å². The van der Waals surface area contributed by atoms with Gasteiger partial charge in [-0.25, -0.2) is 0 Å². The van der Waals surface area contributed by atoms with Gasteiger partial charge in [-0.2, -0.15) is 0 Å². The Morgan fingerprint density at radius 2 is 2.05 bits per heavy atom. The molecule has 0 fully saturated rings. The zero-order valence-corrected chi connectivity index (χ0v) is 12.1. The highest BCUT2D eigenvalue weighted by atomic mass is 16.5. The Balaban J connectivity index is 2.02. The lowest BCUT2D eigenvalue weighted by atomic mass is 10.1. The van der Waals surface area contributed by atoms with Crippen LogP contribution in [0.5, 0.6) is 5.75 Å².